The van der Waals surface area contributed by atoms with Crippen LogP contribution in [0.4, 0.5) is 5.69 Å². The van der Waals surface area contributed by atoms with Gasteiger partial charge in [0.05, 0.1) is 20.6 Å². The molecule has 0 radical (unpaired) electrons. The Labute approximate surface area is 126 Å². The summed E-state index contributed by atoms with van der Waals surface area (Å²) < 4.78 is 0. The molecular weight excluding hydrogens is 324 g/mol. The van der Waals surface area contributed by atoms with E-state index in [-0.39, 0.29) is 28.0 Å². The van der Waals surface area contributed by atoms with Gasteiger partial charge in [0.25, 0.3) is 11.6 Å². The zero-order valence-electron chi connectivity index (χ0n) is 10.3. The molecule has 9 nitrogen and oxygen atoms in total. The van der Waals surface area contributed by atoms with Crippen LogP contribution in [0, 0.1) is 20.2 Å². The van der Waals surface area contributed by atoms with E-state index in [1.807, 2.05) is 0 Å². The third-order valence-corrected chi connectivity index (χ3v) is 3.84. The van der Waals surface area contributed by atoms with Gasteiger partial charge in [-0.05, 0) is 6.07 Å². The first-order valence-electron chi connectivity index (χ1n) is 5.51. The van der Waals surface area contributed by atoms with Crippen molar-refractivity contribution in [1.82, 2.24) is 4.90 Å². The van der Waals surface area contributed by atoms with Crippen molar-refractivity contribution in [3.05, 3.63) is 49.0 Å². The van der Waals surface area contributed by atoms with Gasteiger partial charge in [0, 0.05) is 24.4 Å². The summed E-state index contributed by atoms with van der Waals surface area (Å²) in [7, 11) is 0. The maximum Gasteiger partial charge on any atom is 0.270 e. The molecule has 1 aliphatic heterocycles. The van der Waals surface area contributed by atoms with Crippen LogP contribution in [-0.4, -0.2) is 38.2 Å². The van der Waals surface area contributed by atoms with E-state index in [0.717, 1.165) is 28.8 Å². The number of thioether (sulfide) groups is 1. The molecule has 1 fully saturated rings. The molecule has 0 aromatic heterocycles. The maximum atomic E-state index is 12.3. The Balaban J connectivity index is 2.32. The lowest BCUT2D eigenvalue weighted by atomic mass is 10.2. The highest BCUT2D eigenvalue weighted by molar-refractivity contribution is 8.14. The van der Waals surface area contributed by atoms with Gasteiger partial charge in [-0.3, -0.25) is 19.8 Å². The van der Waals surface area contributed by atoms with E-state index in [4.69, 9.17) is 11.6 Å². The van der Waals surface area contributed by atoms with Crippen LogP contribution >= 0.6 is 23.4 Å². The van der Waals surface area contributed by atoms with E-state index in [2.05, 4.69) is 5.10 Å². The quantitative estimate of drug-likeness (QED) is 0.617. The van der Waals surface area contributed by atoms with Crippen molar-refractivity contribution in [1.29, 1.82) is 0 Å². The van der Waals surface area contributed by atoms with Crippen molar-refractivity contribution in [2.75, 3.05) is 12.3 Å². The van der Waals surface area contributed by atoms with Gasteiger partial charge in [-0.25, -0.2) is 10.1 Å². The number of amidine groups is 1. The van der Waals surface area contributed by atoms with Crippen LogP contribution in [0.1, 0.15) is 10.4 Å². The average Bonchev–Trinajstić information content (AvgIpc) is 2.85. The fourth-order valence-electron chi connectivity index (χ4n) is 1.68. The molecule has 0 aliphatic carbocycles. The third-order valence-electron chi connectivity index (χ3n) is 2.58. The SMILES string of the molecule is O=C(c1ccc([N+](=O)[O-])cc1Cl)N1CCSC1=N[N+](=O)[O-]. The molecule has 1 aliphatic rings. The van der Waals surface area contributed by atoms with Crippen LogP contribution in [-0.2, 0) is 0 Å². The lowest BCUT2D eigenvalue weighted by molar-refractivity contribution is -0.485. The predicted octanol–water partition coefficient (Wildman–Crippen LogP) is 1.98. The van der Waals surface area contributed by atoms with Crippen molar-refractivity contribution in [3.63, 3.8) is 0 Å². The van der Waals surface area contributed by atoms with E-state index in [1.165, 1.54) is 6.07 Å². The summed E-state index contributed by atoms with van der Waals surface area (Å²) in [6, 6.07) is 3.42. The Bertz CT molecular complexity index is 665. The molecule has 1 amide bonds. The fraction of sp³-hybridized carbons (Fsp3) is 0.200. The van der Waals surface area contributed by atoms with Crippen LogP contribution in [0.5, 0.6) is 0 Å². The van der Waals surface area contributed by atoms with Crippen LogP contribution in [0.2, 0.25) is 5.02 Å². The lowest BCUT2D eigenvalue weighted by Gasteiger charge is -2.14. The van der Waals surface area contributed by atoms with Crippen LogP contribution < -0.4 is 0 Å². The zero-order valence-corrected chi connectivity index (χ0v) is 11.8. The summed E-state index contributed by atoms with van der Waals surface area (Å²) in [5.41, 5.74) is -0.215. The van der Waals surface area contributed by atoms with Crippen LogP contribution in [0.15, 0.2) is 23.3 Å². The molecule has 110 valence electrons. The van der Waals surface area contributed by atoms with Crippen molar-refractivity contribution < 1.29 is 14.8 Å². The molecule has 0 saturated carbocycles. The highest BCUT2D eigenvalue weighted by atomic mass is 35.5. The molecule has 1 saturated heterocycles. The van der Waals surface area contributed by atoms with Crippen molar-refractivity contribution >= 4 is 40.1 Å². The number of carbonyl (C=O) groups excluding carboxylic acids is 1. The summed E-state index contributed by atoms with van der Waals surface area (Å²) in [4.78, 5) is 33.8. The highest BCUT2D eigenvalue weighted by Crippen LogP contribution is 2.26. The molecule has 0 atom stereocenters. The number of nitrogens with zero attached hydrogens (tertiary/aromatic N) is 4. The number of hydrazone groups is 1. The molecule has 1 aromatic carbocycles. The van der Waals surface area contributed by atoms with Gasteiger partial charge in [0.1, 0.15) is 0 Å². The smallest absolute Gasteiger partial charge is 0.270 e. The van der Waals surface area contributed by atoms with E-state index in [9.17, 15) is 25.0 Å². The highest BCUT2D eigenvalue weighted by Gasteiger charge is 2.30. The first-order chi connectivity index (χ1) is 9.90. The van der Waals surface area contributed by atoms with Gasteiger partial charge in [0.2, 0.25) is 5.17 Å². The third kappa shape index (κ3) is 3.28. The number of rotatable bonds is 3. The molecule has 0 unspecified atom stereocenters. The number of carbonyl (C=O) groups is 1. The van der Waals surface area contributed by atoms with E-state index in [0.29, 0.717) is 5.75 Å². The van der Waals surface area contributed by atoms with E-state index < -0.39 is 15.9 Å². The van der Waals surface area contributed by atoms with Crippen LogP contribution in [0.3, 0.4) is 0 Å². The topological polar surface area (TPSA) is 119 Å². The van der Waals surface area contributed by atoms with Crippen molar-refractivity contribution in [2.24, 2.45) is 5.10 Å². The second kappa shape index (κ2) is 6.06. The number of hydrogen-bond acceptors (Lipinski definition) is 6. The average molecular weight is 331 g/mol. The number of amides is 1. The van der Waals surface area contributed by atoms with Gasteiger partial charge >= 0.3 is 0 Å². The van der Waals surface area contributed by atoms with Crippen molar-refractivity contribution in [3.8, 4) is 0 Å². The Morgan fingerprint density at radius 3 is 2.67 bits per heavy atom. The Morgan fingerprint density at radius 1 is 1.38 bits per heavy atom. The summed E-state index contributed by atoms with van der Waals surface area (Å²) in [6.07, 6.45) is 0. The van der Waals surface area contributed by atoms with Gasteiger partial charge in [-0.1, -0.05) is 23.4 Å². The molecule has 11 heteroatoms. The summed E-state index contributed by atoms with van der Waals surface area (Å²) in [6.45, 7) is 0.253. The molecule has 0 bridgehead atoms. The number of non-ortho nitro benzene ring substituents is 1. The number of nitro groups is 2. The van der Waals surface area contributed by atoms with Gasteiger partial charge in [-0.2, -0.15) is 0 Å². The molecular formula is C10H7ClN4O5S. The van der Waals surface area contributed by atoms with Gasteiger partial charge in [-0.15, -0.1) is 0 Å². The minimum absolute atomic E-state index is 0.0283. The fourth-order valence-corrected chi connectivity index (χ4v) is 2.85. The summed E-state index contributed by atoms with van der Waals surface area (Å²) >= 11 is 6.95. The number of hydrogen-bond donors (Lipinski definition) is 0. The molecule has 1 aromatic rings. The summed E-state index contributed by atoms with van der Waals surface area (Å²) in [5.74, 6) is -0.108. The lowest BCUT2D eigenvalue weighted by Crippen LogP contribution is -2.32. The molecule has 1 heterocycles. The first-order valence-corrected chi connectivity index (χ1v) is 6.88. The molecule has 2 rings (SSSR count). The normalized spacial score (nSPS) is 16.2. The Morgan fingerprint density at radius 2 is 2.10 bits per heavy atom. The van der Waals surface area contributed by atoms with Crippen molar-refractivity contribution in [2.45, 2.75) is 0 Å². The predicted molar refractivity (Wildman–Crippen MR) is 76.0 cm³/mol. The Hall–Kier alpha value is -2.20. The van der Waals surface area contributed by atoms with Crippen LogP contribution in [0.25, 0.3) is 0 Å². The maximum absolute atomic E-state index is 12.3. The minimum atomic E-state index is -0.884. The standard InChI is InChI=1S/C10H7ClN4O5S/c11-8-5-6(14(17)18)1-2-7(8)9(16)13-3-4-21-10(13)12-15(19)20/h1-2,5H,3-4H2. The second-order valence-corrected chi connectivity index (χ2v) is 5.32. The monoisotopic (exact) mass is 330 g/mol. The molecule has 21 heavy (non-hydrogen) atoms. The molecule has 0 spiro atoms. The zero-order chi connectivity index (χ0) is 15.6. The molecule has 0 N–H and O–H groups in total. The van der Waals surface area contributed by atoms with E-state index >= 15 is 0 Å². The minimum Gasteiger partial charge on any atom is -0.281 e. The number of halogens is 1. The Kier molecular flexibility index (Phi) is 4.38. The summed E-state index contributed by atoms with van der Waals surface area (Å²) in [5, 5.41) is 23.2. The van der Waals surface area contributed by atoms with Gasteiger partial charge in [0.15, 0.2) is 5.03 Å². The first kappa shape index (κ1) is 15.2. The number of benzene rings is 1. The van der Waals surface area contributed by atoms with Gasteiger partial charge < -0.3 is 0 Å². The largest absolute Gasteiger partial charge is 0.281 e. The second-order valence-electron chi connectivity index (χ2n) is 3.85. The van der Waals surface area contributed by atoms with E-state index in [1.54, 1.807) is 0 Å². The number of nitro benzene ring substituents is 1.